The summed E-state index contributed by atoms with van der Waals surface area (Å²) >= 11 is 0. The van der Waals surface area contributed by atoms with Gasteiger partial charge in [-0.3, -0.25) is 4.79 Å². The Hall–Kier alpha value is -1.83. The summed E-state index contributed by atoms with van der Waals surface area (Å²) in [6.07, 6.45) is -3.50. The Morgan fingerprint density at radius 2 is 2.25 bits per heavy atom. The standard InChI is InChI=1S/C12H13F3N2O3/c1-19-11(18)9-5-8(6-17-9)20-10-4-7(2-3-16-10)12(13,14)15/h2-4,8-9,17H,5-6H2,1H3/t8-,9-/m0/s1. The second kappa shape index (κ2) is 5.66. The minimum atomic E-state index is -4.44. The summed E-state index contributed by atoms with van der Waals surface area (Å²) in [6.45, 7) is 0.345. The lowest BCUT2D eigenvalue weighted by molar-refractivity contribution is -0.142. The van der Waals surface area contributed by atoms with Gasteiger partial charge in [0, 0.05) is 25.2 Å². The molecule has 2 atom stereocenters. The zero-order valence-electron chi connectivity index (χ0n) is 10.6. The molecule has 5 nitrogen and oxygen atoms in total. The van der Waals surface area contributed by atoms with Crippen molar-refractivity contribution in [3.05, 3.63) is 23.9 Å². The average Bonchev–Trinajstić information content (AvgIpc) is 2.85. The number of alkyl halides is 3. The molecule has 110 valence electrons. The van der Waals surface area contributed by atoms with Gasteiger partial charge in [-0.2, -0.15) is 13.2 Å². The van der Waals surface area contributed by atoms with Gasteiger partial charge in [-0.25, -0.2) is 4.98 Å². The number of carbonyl (C=O) groups is 1. The smallest absolute Gasteiger partial charge is 0.416 e. The van der Waals surface area contributed by atoms with Crippen molar-refractivity contribution >= 4 is 5.97 Å². The van der Waals surface area contributed by atoms with Gasteiger partial charge in [-0.1, -0.05) is 0 Å². The molecule has 1 saturated heterocycles. The van der Waals surface area contributed by atoms with E-state index in [4.69, 9.17) is 4.74 Å². The van der Waals surface area contributed by atoms with Crippen LogP contribution >= 0.6 is 0 Å². The van der Waals surface area contributed by atoms with Crippen LogP contribution in [0.15, 0.2) is 18.3 Å². The number of esters is 1. The molecule has 0 aromatic carbocycles. The fraction of sp³-hybridized carbons (Fsp3) is 0.500. The summed E-state index contributed by atoms with van der Waals surface area (Å²) in [5, 5.41) is 2.87. The predicted molar refractivity (Wildman–Crippen MR) is 62.1 cm³/mol. The van der Waals surface area contributed by atoms with Crippen LogP contribution in [0.3, 0.4) is 0 Å². The maximum absolute atomic E-state index is 12.5. The molecule has 2 rings (SSSR count). The van der Waals surface area contributed by atoms with Crippen molar-refractivity contribution in [3.8, 4) is 5.88 Å². The minimum Gasteiger partial charge on any atom is -0.473 e. The second-order valence-corrected chi connectivity index (χ2v) is 4.34. The van der Waals surface area contributed by atoms with Crippen LogP contribution in [0.2, 0.25) is 0 Å². The molecule has 8 heteroatoms. The minimum absolute atomic E-state index is 0.114. The normalized spacial score (nSPS) is 22.6. The highest BCUT2D eigenvalue weighted by atomic mass is 19.4. The largest absolute Gasteiger partial charge is 0.473 e. The second-order valence-electron chi connectivity index (χ2n) is 4.34. The van der Waals surface area contributed by atoms with Crippen molar-refractivity contribution in [3.63, 3.8) is 0 Å². The molecule has 1 fully saturated rings. The van der Waals surface area contributed by atoms with Crippen LogP contribution in [0.4, 0.5) is 13.2 Å². The maximum Gasteiger partial charge on any atom is 0.416 e. The molecule has 0 unspecified atom stereocenters. The predicted octanol–water partition coefficient (Wildman–Crippen LogP) is 1.38. The van der Waals surface area contributed by atoms with Crippen LogP contribution in [-0.2, 0) is 15.7 Å². The van der Waals surface area contributed by atoms with E-state index in [0.717, 1.165) is 18.3 Å². The molecule has 1 aliphatic heterocycles. The van der Waals surface area contributed by atoms with Crippen molar-refractivity contribution in [2.24, 2.45) is 0 Å². The number of nitrogens with one attached hydrogen (secondary N) is 1. The lowest BCUT2D eigenvalue weighted by Gasteiger charge is -2.13. The molecule has 1 N–H and O–H groups in total. The van der Waals surface area contributed by atoms with E-state index in [1.54, 1.807) is 0 Å². The summed E-state index contributed by atoms with van der Waals surface area (Å²) < 4.78 is 47.5. The van der Waals surface area contributed by atoms with E-state index < -0.39 is 29.9 Å². The van der Waals surface area contributed by atoms with Gasteiger partial charge >= 0.3 is 12.1 Å². The number of nitrogens with zero attached hydrogens (tertiary/aromatic N) is 1. The Balaban J connectivity index is 2.00. The zero-order valence-corrected chi connectivity index (χ0v) is 10.6. The lowest BCUT2D eigenvalue weighted by Crippen LogP contribution is -2.31. The average molecular weight is 290 g/mol. The van der Waals surface area contributed by atoms with Crippen LogP contribution in [0.1, 0.15) is 12.0 Å². The Morgan fingerprint density at radius 1 is 1.50 bits per heavy atom. The van der Waals surface area contributed by atoms with Crippen molar-refractivity contribution in [1.29, 1.82) is 0 Å². The molecular weight excluding hydrogens is 277 g/mol. The molecule has 0 bridgehead atoms. The number of carbonyl (C=O) groups excluding carboxylic acids is 1. The summed E-state index contributed by atoms with van der Waals surface area (Å²) in [6, 6.07) is 1.21. The maximum atomic E-state index is 12.5. The van der Waals surface area contributed by atoms with E-state index in [1.807, 2.05) is 0 Å². The first-order chi connectivity index (χ1) is 9.40. The molecule has 0 aliphatic carbocycles. The van der Waals surface area contributed by atoms with Crippen molar-refractivity contribution in [1.82, 2.24) is 10.3 Å². The van der Waals surface area contributed by atoms with Gasteiger partial charge in [-0.05, 0) is 6.07 Å². The number of hydrogen-bond donors (Lipinski definition) is 1. The van der Waals surface area contributed by atoms with Crippen LogP contribution in [0.5, 0.6) is 5.88 Å². The number of rotatable bonds is 3. The molecule has 2 heterocycles. The van der Waals surface area contributed by atoms with Gasteiger partial charge in [0.25, 0.3) is 0 Å². The Morgan fingerprint density at radius 3 is 2.90 bits per heavy atom. The topological polar surface area (TPSA) is 60.5 Å². The van der Waals surface area contributed by atoms with Crippen LogP contribution in [0, 0.1) is 0 Å². The highest BCUT2D eigenvalue weighted by Gasteiger charge is 2.33. The first-order valence-electron chi connectivity index (χ1n) is 5.91. The summed E-state index contributed by atoms with van der Waals surface area (Å²) in [5.74, 6) is -0.537. The molecule has 1 aromatic rings. The third-order valence-corrected chi connectivity index (χ3v) is 2.93. The number of pyridine rings is 1. The molecular formula is C12H13F3N2O3. The van der Waals surface area contributed by atoms with E-state index in [1.165, 1.54) is 7.11 Å². The number of aromatic nitrogens is 1. The van der Waals surface area contributed by atoms with Gasteiger partial charge in [-0.15, -0.1) is 0 Å². The van der Waals surface area contributed by atoms with Crippen molar-refractivity contribution in [2.75, 3.05) is 13.7 Å². The Bertz CT molecular complexity index is 493. The quantitative estimate of drug-likeness (QED) is 0.852. The summed E-state index contributed by atoms with van der Waals surface area (Å²) in [4.78, 5) is 15.0. The number of halogens is 3. The van der Waals surface area contributed by atoms with Crippen LogP contribution < -0.4 is 10.1 Å². The molecule has 0 radical (unpaired) electrons. The SMILES string of the molecule is COC(=O)[C@@H]1C[C@H](Oc2cc(C(F)(F)F)ccn2)CN1. The van der Waals surface area contributed by atoms with Gasteiger partial charge in [0.05, 0.1) is 12.7 Å². The van der Waals surface area contributed by atoms with Gasteiger partial charge in [0.15, 0.2) is 0 Å². The molecule has 0 spiro atoms. The van der Waals surface area contributed by atoms with E-state index in [0.29, 0.717) is 13.0 Å². The highest BCUT2D eigenvalue weighted by Crippen LogP contribution is 2.30. The third kappa shape index (κ3) is 3.38. The van der Waals surface area contributed by atoms with Crippen molar-refractivity contribution < 1.29 is 27.4 Å². The monoisotopic (exact) mass is 290 g/mol. The highest BCUT2D eigenvalue weighted by molar-refractivity contribution is 5.76. The fourth-order valence-electron chi connectivity index (χ4n) is 1.94. The van der Waals surface area contributed by atoms with E-state index in [-0.39, 0.29) is 5.88 Å². The van der Waals surface area contributed by atoms with E-state index in [9.17, 15) is 18.0 Å². The van der Waals surface area contributed by atoms with Gasteiger partial charge < -0.3 is 14.8 Å². The number of ether oxygens (including phenoxy) is 2. The summed E-state index contributed by atoms with van der Waals surface area (Å²) in [5.41, 5.74) is -0.821. The Kier molecular flexibility index (Phi) is 4.12. The molecule has 0 saturated carbocycles. The Labute approximate surface area is 113 Å². The molecule has 0 amide bonds. The molecule has 1 aromatic heterocycles. The third-order valence-electron chi connectivity index (χ3n) is 2.93. The zero-order chi connectivity index (χ0) is 14.8. The van der Waals surface area contributed by atoms with Crippen LogP contribution in [-0.4, -0.2) is 36.8 Å². The summed E-state index contributed by atoms with van der Waals surface area (Å²) in [7, 11) is 1.27. The number of hydrogen-bond acceptors (Lipinski definition) is 5. The fourth-order valence-corrected chi connectivity index (χ4v) is 1.94. The van der Waals surface area contributed by atoms with Crippen LogP contribution in [0.25, 0.3) is 0 Å². The molecule has 20 heavy (non-hydrogen) atoms. The van der Waals surface area contributed by atoms with E-state index >= 15 is 0 Å². The van der Waals surface area contributed by atoms with Crippen molar-refractivity contribution in [2.45, 2.75) is 24.7 Å². The van der Waals surface area contributed by atoms with Gasteiger partial charge in [0.2, 0.25) is 5.88 Å². The van der Waals surface area contributed by atoms with Gasteiger partial charge in [0.1, 0.15) is 12.1 Å². The number of methoxy groups -OCH3 is 1. The first kappa shape index (κ1) is 14.6. The molecule has 1 aliphatic rings. The lowest BCUT2D eigenvalue weighted by atomic mass is 10.2. The first-order valence-corrected chi connectivity index (χ1v) is 5.91. The van der Waals surface area contributed by atoms with E-state index in [2.05, 4.69) is 15.0 Å².